The monoisotopic (exact) mass is 277 g/mol. The highest BCUT2D eigenvalue weighted by atomic mass is 16.5. The van der Waals surface area contributed by atoms with E-state index in [0.29, 0.717) is 5.92 Å². The molecular formula is C17H27NO2. The molecule has 1 heterocycles. The minimum Gasteiger partial charge on any atom is -0.381 e. The first kappa shape index (κ1) is 15.5. The van der Waals surface area contributed by atoms with Gasteiger partial charge in [0.15, 0.2) is 0 Å². The van der Waals surface area contributed by atoms with Crippen molar-refractivity contribution in [2.45, 2.75) is 26.8 Å². The molecule has 1 atom stereocenters. The third-order valence-corrected chi connectivity index (χ3v) is 3.65. The number of hydrogen-bond donors (Lipinski definition) is 1. The summed E-state index contributed by atoms with van der Waals surface area (Å²) < 4.78 is 11.2. The Hall–Kier alpha value is -0.900. The molecule has 0 radical (unpaired) electrons. The van der Waals surface area contributed by atoms with Gasteiger partial charge in [0, 0.05) is 31.0 Å². The maximum atomic E-state index is 5.87. The molecule has 0 saturated carbocycles. The molecule has 1 aromatic carbocycles. The zero-order chi connectivity index (χ0) is 14.3. The first-order valence-electron chi connectivity index (χ1n) is 7.56. The Kier molecular flexibility index (Phi) is 6.02. The molecule has 1 saturated heterocycles. The summed E-state index contributed by atoms with van der Waals surface area (Å²) in [7, 11) is 0. The number of benzene rings is 1. The van der Waals surface area contributed by atoms with E-state index in [2.05, 4.69) is 43.4 Å². The highest BCUT2D eigenvalue weighted by Crippen LogP contribution is 2.17. The van der Waals surface area contributed by atoms with Crippen molar-refractivity contribution >= 4 is 0 Å². The van der Waals surface area contributed by atoms with Gasteiger partial charge in [0.25, 0.3) is 0 Å². The summed E-state index contributed by atoms with van der Waals surface area (Å²) in [5.74, 6) is 0.600. The van der Waals surface area contributed by atoms with Crippen LogP contribution in [0.4, 0.5) is 0 Å². The Balaban J connectivity index is 1.60. The third kappa shape index (κ3) is 5.61. The molecule has 1 aliphatic heterocycles. The SMILES string of the molecule is CC(C)(CNCc1ccccc1)COCC1CCOC1. The number of nitrogens with one attached hydrogen (secondary N) is 1. The summed E-state index contributed by atoms with van der Waals surface area (Å²) in [6.45, 7) is 9.77. The molecule has 0 spiro atoms. The Morgan fingerprint density at radius 1 is 1.30 bits per heavy atom. The lowest BCUT2D eigenvalue weighted by atomic mass is 9.94. The van der Waals surface area contributed by atoms with Crippen molar-refractivity contribution in [3.63, 3.8) is 0 Å². The highest BCUT2D eigenvalue weighted by molar-refractivity contribution is 5.14. The van der Waals surface area contributed by atoms with E-state index in [9.17, 15) is 0 Å². The molecule has 3 nitrogen and oxygen atoms in total. The van der Waals surface area contributed by atoms with Gasteiger partial charge in [-0.3, -0.25) is 0 Å². The van der Waals surface area contributed by atoms with Gasteiger partial charge in [0.1, 0.15) is 0 Å². The van der Waals surface area contributed by atoms with Gasteiger partial charge in [0.2, 0.25) is 0 Å². The number of hydrogen-bond acceptors (Lipinski definition) is 3. The lowest BCUT2D eigenvalue weighted by Gasteiger charge is -2.25. The van der Waals surface area contributed by atoms with Gasteiger partial charge in [-0.25, -0.2) is 0 Å². The minimum atomic E-state index is 0.161. The molecule has 2 rings (SSSR count). The zero-order valence-electron chi connectivity index (χ0n) is 12.7. The van der Waals surface area contributed by atoms with Crippen LogP contribution in [0.5, 0.6) is 0 Å². The quantitative estimate of drug-likeness (QED) is 0.792. The lowest BCUT2D eigenvalue weighted by Crippen LogP contribution is -2.33. The van der Waals surface area contributed by atoms with E-state index >= 15 is 0 Å². The summed E-state index contributed by atoms with van der Waals surface area (Å²) in [6.07, 6.45) is 1.15. The van der Waals surface area contributed by atoms with E-state index in [-0.39, 0.29) is 5.41 Å². The standard InChI is InChI=1S/C17H27NO2/c1-17(2,14-20-12-16-8-9-19-11-16)13-18-10-15-6-4-3-5-7-15/h3-7,16,18H,8-14H2,1-2H3. The molecule has 20 heavy (non-hydrogen) atoms. The topological polar surface area (TPSA) is 30.5 Å². The van der Waals surface area contributed by atoms with E-state index in [4.69, 9.17) is 9.47 Å². The maximum Gasteiger partial charge on any atom is 0.0529 e. The van der Waals surface area contributed by atoms with Gasteiger partial charge in [-0.1, -0.05) is 44.2 Å². The second kappa shape index (κ2) is 7.77. The maximum absolute atomic E-state index is 5.87. The predicted molar refractivity (Wildman–Crippen MR) is 81.7 cm³/mol. The molecule has 3 heteroatoms. The number of ether oxygens (including phenoxy) is 2. The molecule has 1 N–H and O–H groups in total. The van der Waals surface area contributed by atoms with Crippen LogP contribution in [0.2, 0.25) is 0 Å². The summed E-state index contributed by atoms with van der Waals surface area (Å²) in [5, 5.41) is 3.52. The van der Waals surface area contributed by atoms with Gasteiger partial charge in [-0.15, -0.1) is 0 Å². The van der Waals surface area contributed by atoms with Crippen molar-refractivity contribution in [3.8, 4) is 0 Å². The van der Waals surface area contributed by atoms with Crippen LogP contribution in [0.1, 0.15) is 25.8 Å². The fraction of sp³-hybridized carbons (Fsp3) is 0.647. The Morgan fingerprint density at radius 3 is 2.80 bits per heavy atom. The fourth-order valence-electron chi connectivity index (χ4n) is 2.41. The van der Waals surface area contributed by atoms with Gasteiger partial charge in [-0.2, -0.15) is 0 Å². The molecule has 1 aliphatic rings. The Morgan fingerprint density at radius 2 is 2.10 bits per heavy atom. The summed E-state index contributed by atoms with van der Waals surface area (Å²) in [6, 6.07) is 10.5. The van der Waals surface area contributed by atoms with Crippen molar-refractivity contribution in [1.29, 1.82) is 0 Å². The summed E-state index contributed by atoms with van der Waals surface area (Å²) in [4.78, 5) is 0. The minimum absolute atomic E-state index is 0.161. The Labute approximate surface area is 122 Å². The normalized spacial score (nSPS) is 19.4. The van der Waals surface area contributed by atoms with Crippen LogP contribution in [-0.2, 0) is 16.0 Å². The van der Waals surface area contributed by atoms with E-state index in [1.54, 1.807) is 0 Å². The molecular weight excluding hydrogens is 250 g/mol. The van der Waals surface area contributed by atoms with Crippen molar-refractivity contribution < 1.29 is 9.47 Å². The number of rotatable bonds is 8. The van der Waals surface area contributed by atoms with E-state index in [1.807, 2.05) is 6.07 Å². The molecule has 0 bridgehead atoms. The zero-order valence-corrected chi connectivity index (χ0v) is 12.7. The fourth-order valence-corrected chi connectivity index (χ4v) is 2.41. The smallest absolute Gasteiger partial charge is 0.0529 e. The van der Waals surface area contributed by atoms with Crippen molar-refractivity contribution in [3.05, 3.63) is 35.9 Å². The molecule has 1 fully saturated rings. The summed E-state index contributed by atoms with van der Waals surface area (Å²) in [5.41, 5.74) is 1.49. The van der Waals surface area contributed by atoms with Crippen molar-refractivity contribution in [1.82, 2.24) is 5.32 Å². The Bertz CT molecular complexity index is 372. The van der Waals surface area contributed by atoms with E-state index in [1.165, 1.54) is 5.56 Å². The molecule has 0 aliphatic carbocycles. The van der Waals surface area contributed by atoms with Crippen LogP contribution >= 0.6 is 0 Å². The van der Waals surface area contributed by atoms with Crippen LogP contribution in [0.3, 0.4) is 0 Å². The molecule has 0 amide bonds. The van der Waals surface area contributed by atoms with Crippen molar-refractivity contribution in [2.75, 3.05) is 33.0 Å². The second-order valence-corrected chi connectivity index (χ2v) is 6.50. The largest absolute Gasteiger partial charge is 0.381 e. The first-order chi connectivity index (χ1) is 9.66. The highest BCUT2D eigenvalue weighted by Gasteiger charge is 2.20. The van der Waals surface area contributed by atoms with Gasteiger partial charge >= 0.3 is 0 Å². The van der Waals surface area contributed by atoms with Crippen LogP contribution in [0, 0.1) is 11.3 Å². The first-order valence-corrected chi connectivity index (χ1v) is 7.56. The van der Waals surface area contributed by atoms with Crippen LogP contribution in [-0.4, -0.2) is 33.0 Å². The molecule has 112 valence electrons. The lowest BCUT2D eigenvalue weighted by molar-refractivity contribution is 0.0370. The van der Waals surface area contributed by atoms with Crippen LogP contribution in [0.15, 0.2) is 30.3 Å². The summed E-state index contributed by atoms with van der Waals surface area (Å²) >= 11 is 0. The van der Waals surface area contributed by atoms with Crippen molar-refractivity contribution in [2.24, 2.45) is 11.3 Å². The third-order valence-electron chi connectivity index (χ3n) is 3.65. The van der Waals surface area contributed by atoms with Crippen LogP contribution in [0.25, 0.3) is 0 Å². The van der Waals surface area contributed by atoms with Gasteiger partial charge in [-0.05, 0) is 12.0 Å². The average Bonchev–Trinajstić information content (AvgIpc) is 2.93. The second-order valence-electron chi connectivity index (χ2n) is 6.50. The van der Waals surface area contributed by atoms with Gasteiger partial charge < -0.3 is 14.8 Å². The van der Waals surface area contributed by atoms with E-state index < -0.39 is 0 Å². The molecule has 0 aromatic heterocycles. The van der Waals surface area contributed by atoms with Crippen LogP contribution < -0.4 is 5.32 Å². The van der Waals surface area contributed by atoms with E-state index in [0.717, 1.165) is 45.9 Å². The van der Waals surface area contributed by atoms with Gasteiger partial charge in [0.05, 0.1) is 19.8 Å². The molecule has 1 aromatic rings. The molecule has 1 unspecified atom stereocenters. The average molecular weight is 277 g/mol. The predicted octanol–water partition coefficient (Wildman–Crippen LogP) is 2.86.